The van der Waals surface area contributed by atoms with Crippen LogP contribution in [0.5, 0.6) is 0 Å². The van der Waals surface area contributed by atoms with E-state index in [2.05, 4.69) is 47.3 Å². The van der Waals surface area contributed by atoms with E-state index in [0.717, 1.165) is 39.2 Å². The molecule has 0 aliphatic rings. The Morgan fingerprint density at radius 3 is 2.72 bits per heavy atom. The fourth-order valence-electron chi connectivity index (χ4n) is 2.85. The van der Waals surface area contributed by atoms with Gasteiger partial charge in [-0.1, -0.05) is 32.0 Å². The van der Waals surface area contributed by atoms with Crippen molar-refractivity contribution in [2.24, 2.45) is 0 Å². The molecule has 0 fully saturated rings. The van der Waals surface area contributed by atoms with E-state index in [0.29, 0.717) is 18.8 Å². The van der Waals surface area contributed by atoms with Crippen LogP contribution in [0.4, 0.5) is 5.69 Å². The molecule has 2 N–H and O–H groups in total. The first-order valence-corrected chi connectivity index (χ1v) is 8.78. The van der Waals surface area contributed by atoms with Crippen molar-refractivity contribution in [2.75, 3.05) is 5.32 Å². The maximum atomic E-state index is 12.3. The number of aryl methyl sites for hydroxylation is 3. The number of H-pyrrole nitrogens is 1. The lowest BCUT2D eigenvalue weighted by Gasteiger charge is -2.09. The summed E-state index contributed by atoms with van der Waals surface area (Å²) >= 11 is 0. The minimum Gasteiger partial charge on any atom is -0.342 e. The Morgan fingerprint density at radius 1 is 1.16 bits per heavy atom. The van der Waals surface area contributed by atoms with Crippen LogP contribution in [0.3, 0.4) is 0 Å². The van der Waals surface area contributed by atoms with Crippen molar-refractivity contribution >= 4 is 22.6 Å². The van der Waals surface area contributed by atoms with Crippen molar-refractivity contribution in [3.63, 3.8) is 0 Å². The normalized spacial score (nSPS) is 11.2. The number of hydrogen-bond acceptors (Lipinski definition) is 2. The number of fused-ring (bicyclic) bond motifs is 1. The summed E-state index contributed by atoms with van der Waals surface area (Å²) in [5.41, 5.74) is 6.28. The van der Waals surface area contributed by atoms with Gasteiger partial charge in [-0.3, -0.25) is 4.79 Å². The third-order valence-electron chi connectivity index (χ3n) is 4.42. The first-order chi connectivity index (χ1) is 11.9. The summed E-state index contributed by atoms with van der Waals surface area (Å²) in [5, 5.41) is 3.02. The molecular weight excluding hydrogens is 310 g/mol. The van der Waals surface area contributed by atoms with E-state index in [1.807, 2.05) is 32.0 Å². The van der Waals surface area contributed by atoms with E-state index in [1.54, 1.807) is 0 Å². The van der Waals surface area contributed by atoms with Crippen LogP contribution in [-0.4, -0.2) is 15.9 Å². The van der Waals surface area contributed by atoms with Crippen LogP contribution in [0.15, 0.2) is 36.4 Å². The lowest BCUT2D eigenvalue weighted by Crippen LogP contribution is -2.13. The van der Waals surface area contributed by atoms with Crippen LogP contribution in [0.2, 0.25) is 0 Å². The smallest absolute Gasteiger partial charge is 0.224 e. The molecule has 1 heterocycles. The van der Waals surface area contributed by atoms with Gasteiger partial charge in [-0.2, -0.15) is 0 Å². The molecule has 0 atom stereocenters. The third-order valence-corrected chi connectivity index (χ3v) is 4.42. The summed E-state index contributed by atoms with van der Waals surface area (Å²) in [6.07, 6.45) is 1.17. The maximum absolute atomic E-state index is 12.3. The largest absolute Gasteiger partial charge is 0.342 e. The third kappa shape index (κ3) is 4.08. The number of nitrogens with one attached hydrogen (secondary N) is 2. The molecule has 3 aromatic rings. The molecule has 0 saturated heterocycles. The zero-order valence-corrected chi connectivity index (χ0v) is 15.3. The molecule has 130 valence electrons. The van der Waals surface area contributed by atoms with Gasteiger partial charge in [-0.15, -0.1) is 0 Å². The summed E-state index contributed by atoms with van der Waals surface area (Å²) in [6.45, 7) is 8.28. The molecule has 4 nitrogen and oxygen atoms in total. The van der Waals surface area contributed by atoms with Crippen molar-refractivity contribution < 1.29 is 4.79 Å². The molecule has 0 radical (unpaired) electrons. The van der Waals surface area contributed by atoms with Gasteiger partial charge in [0.25, 0.3) is 0 Å². The molecule has 0 spiro atoms. The Hall–Kier alpha value is -2.62. The van der Waals surface area contributed by atoms with E-state index >= 15 is 0 Å². The van der Waals surface area contributed by atoms with Gasteiger partial charge in [-0.05, 0) is 55.2 Å². The number of imidazole rings is 1. The number of carbonyl (C=O) groups excluding carboxylic acids is 1. The second-order valence-corrected chi connectivity index (χ2v) is 6.99. The van der Waals surface area contributed by atoms with E-state index in [9.17, 15) is 4.79 Å². The molecule has 1 amide bonds. The number of nitrogens with zero attached hydrogens (tertiary/aromatic N) is 1. The summed E-state index contributed by atoms with van der Waals surface area (Å²) in [7, 11) is 0. The standard InChI is InChI=1S/C21H25N3O/c1-13(2)21-23-17-9-7-16(12-19(17)24-21)8-10-20(25)22-18-11-14(3)5-6-15(18)4/h5-7,9,11-13H,8,10H2,1-4H3,(H,22,25)(H,23,24). The van der Waals surface area contributed by atoms with E-state index in [1.165, 1.54) is 0 Å². The topological polar surface area (TPSA) is 57.8 Å². The number of amides is 1. The number of carbonyl (C=O) groups is 1. The fraction of sp³-hybridized carbons (Fsp3) is 0.333. The molecule has 0 aliphatic heterocycles. The first-order valence-electron chi connectivity index (χ1n) is 8.78. The highest BCUT2D eigenvalue weighted by Gasteiger charge is 2.09. The Labute approximate surface area is 148 Å². The molecule has 1 aromatic heterocycles. The van der Waals surface area contributed by atoms with Crippen molar-refractivity contribution in [1.82, 2.24) is 9.97 Å². The predicted molar refractivity (Wildman–Crippen MR) is 103 cm³/mol. The maximum Gasteiger partial charge on any atom is 0.224 e. The summed E-state index contributed by atoms with van der Waals surface area (Å²) in [4.78, 5) is 20.2. The van der Waals surface area contributed by atoms with E-state index < -0.39 is 0 Å². The van der Waals surface area contributed by atoms with Crippen molar-refractivity contribution in [3.8, 4) is 0 Å². The molecule has 0 bridgehead atoms. The second kappa shape index (κ2) is 7.09. The van der Waals surface area contributed by atoms with Crippen LogP contribution in [0.25, 0.3) is 11.0 Å². The average molecular weight is 335 g/mol. The summed E-state index contributed by atoms with van der Waals surface area (Å²) in [6, 6.07) is 12.3. The Kier molecular flexibility index (Phi) is 4.88. The molecule has 2 aromatic carbocycles. The molecule has 25 heavy (non-hydrogen) atoms. The van der Waals surface area contributed by atoms with Gasteiger partial charge in [0.2, 0.25) is 5.91 Å². The van der Waals surface area contributed by atoms with Gasteiger partial charge < -0.3 is 10.3 Å². The lowest BCUT2D eigenvalue weighted by molar-refractivity contribution is -0.116. The van der Waals surface area contributed by atoms with Gasteiger partial charge in [-0.25, -0.2) is 4.98 Å². The van der Waals surface area contributed by atoms with E-state index in [4.69, 9.17) is 0 Å². The summed E-state index contributed by atoms with van der Waals surface area (Å²) in [5.74, 6) is 1.42. The molecule has 0 saturated carbocycles. The number of aromatic nitrogens is 2. The number of rotatable bonds is 5. The molecule has 3 rings (SSSR count). The fourth-order valence-corrected chi connectivity index (χ4v) is 2.85. The summed E-state index contributed by atoms with van der Waals surface area (Å²) < 4.78 is 0. The zero-order chi connectivity index (χ0) is 18.0. The Balaban J connectivity index is 1.65. The van der Waals surface area contributed by atoms with Gasteiger partial charge in [0.05, 0.1) is 11.0 Å². The lowest BCUT2D eigenvalue weighted by atomic mass is 10.1. The quantitative estimate of drug-likeness (QED) is 0.698. The van der Waals surface area contributed by atoms with Crippen LogP contribution < -0.4 is 5.32 Å². The van der Waals surface area contributed by atoms with Gasteiger partial charge in [0.15, 0.2) is 0 Å². The molecule has 0 unspecified atom stereocenters. The van der Waals surface area contributed by atoms with Crippen LogP contribution in [-0.2, 0) is 11.2 Å². The number of benzene rings is 2. The SMILES string of the molecule is Cc1ccc(C)c(NC(=O)CCc2ccc3nc(C(C)C)[nH]c3c2)c1. The number of anilines is 1. The van der Waals surface area contributed by atoms with Crippen LogP contribution >= 0.6 is 0 Å². The van der Waals surface area contributed by atoms with Gasteiger partial charge in [0, 0.05) is 18.0 Å². The highest BCUT2D eigenvalue weighted by Crippen LogP contribution is 2.20. The van der Waals surface area contributed by atoms with E-state index in [-0.39, 0.29) is 5.91 Å². The Bertz CT molecular complexity index is 909. The second-order valence-electron chi connectivity index (χ2n) is 6.99. The number of aromatic amines is 1. The highest BCUT2D eigenvalue weighted by atomic mass is 16.1. The minimum atomic E-state index is 0.0428. The highest BCUT2D eigenvalue weighted by molar-refractivity contribution is 5.91. The van der Waals surface area contributed by atoms with Crippen molar-refractivity contribution in [2.45, 2.75) is 46.5 Å². The predicted octanol–water partition coefficient (Wildman–Crippen LogP) is 4.87. The van der Waals surface area contributed by atoms with Gasteiger partial charge in [0.1, 0.15) is 5.82 Å². The first kappa shape index (κ1) is 17.2. The molecule has 4 heteroatoms. The van der Waals surface area contributed by atoms with Crippen LogP contribution in [0, 0.1) is 13.8 Å². The van der Waals surface area contributed by atoms with Crippen molar-refractivity contribution in [3.05, 3.63) is 58.9 Å². The van der Waals surface area contributed by atoms with Crippen molar-refractivity contribution in [1.29, 1.82) is 0 Å². The van der Waals surface area contributed by atoms with Crippen LogP contribution in [0.1, 0.15) is 48.7 Å². The Morgan fingerprint density at radius 2 is 1.96 bits per heavy atom. The molecule has 0 aliphatic carbocycles. The minimum absolute atomic E-state index is 0.0428. The van der Waals surface area contributed by atoms with Gasteiger partial charge >= 0.3 is 0 Å². The number of hydrogen-bond donors (Lipinski definition) is 2. The monoisotopic (exact) mass is 335 g/mol. The zero-order valence-electron chi connectivity index (χ0n) is 15.3. The molecular formula is C21H25N3O. The average Bonchev–Trinajstić information content (AvgIpc) is 3.00.